The smallest absolute Gasteiger partial charge is 0.309 e. The Balaban J connectivity index is 1.36. The number of aromatic nitrogens is 1. The maximum absolute atomic E-state index is 13.6. The van der Waals surface area contributed by atoms with Crippen molar-refractivity contribution in [2.75, 3.05) is 6.54 Å². The molecule has 1 saturated heterocycles. The fourth-order valence-corrected chi connectivity index (χ4v) is 6.54. The molecule has 3 fully saturated rings. The summed E-state index contributed by atoms with van der Waals surface area (Å²) in [6.45, 7) is 2.39. The van der Waals surface area contributed by atoms with Crippen molar-refractivity contribution in [2.24, 2.45) is 29.6 Å². The molecule has 2 heterocycles. The molecule has 0 bridgehead atoms. The van der Waals surface area contributed by atoms with E-state index in [0.29, 0.717) is 24.4 Å². The summed E-state index contributed by atoms with van der Waals surface area (Å²) in [5.41, 5.74) is 2.53. The molecule has 3 aliphatic rings. The lowest BCUT2D eigenvalue weighted by molar-refractivity contribution is -0.144. The van der Waals surface area contributed by atoms with Crippen LogP contribution in [0.15, 0.2) is 48.7 Å². The van der Waals surface area contributed by atoms with Gasteiger partial charge in [-0.1, -0.05) is 24.3 Å². The molecule has 1 N–H and O–H groups in total. The predicted molar refractivity (Wildman–Crippen MR) is 128 cm³/mol. The largest absolute Gasteiger partial charge is 0.462 e. The molecule has 7 atom stereocenters. The van der Waals surface area contributed by atoms with Gasteiger partial charge in [-0.3, -0.25) is 9.78 Å². The second kappa shape index (κ2) is 9.68. The van der Waals surface area contributed by atoms with Crippen LogP contribution in [0.25, 0.3) is 17.2 Å². The van der Waals surface area contributed by atoms with E-state index in [1.807, 2.05) is 25.1 Å². The molecule has 0 spiro atoms. The van der Waals surface area contributed by atoms with Gasteiger partial charge >= 0.3 is 5.97 Å². The van der Waals surface area contributed by atoms with Gasteiger partial charge in [0.1, 0.15) is 11.9 Å². The Morgan fingerprint density at radius 2 is 2.12 bits per heavy atom. The molecule has 34 heavy (non-hydrogen) atoms. The van der Waals surface area contributed by atoms with Gasteiger partial charge in [0.25, 0.3) is 0 Å². The fraction of sp³-hybridized carbons (Fsp3) is 0.464. The summed E-state index contributed by atoms with van der Waals surface area (Å²) in [6.07, 6.45) is 10.0. The van der Waals surface area contributed by atoms with Crippen molar-refractivity contribution in [1.82, 2.24) is 10.3 Å². The topological polar surface area (TPSA) is 75.0 Å². The van der Waals surface area contributed by atoms with Gasteiger partial charge in [0.15, 0.2) is 0 Å². The monoisotopic (exact) mass is 459 g/mol. The Hall–Kier alpha value is -3.04. The summed E-state index contributed by atoms with van der Waals surface area (Å²) >= 11 is 0. The number of fused-ring (bicyclic) bond motifs is 2. The molecule has 0 radical (unpaired) electrons. The van der Waals surface area contributed by atoms with Crippen LogP contribution in [0.2, 0.25) is 0 Å². The van der Waals surface area contributed by atoms with Crippen molar-refractivity contribution in [1.29, 1.82) is 5.26 Å². The first-order valence-corrected chi connectivity index (χ1v) is 12.2. The molecular weight excluding hydrogens is 429 g/mol. The number of hydrogen-bond acceptors (Lipinski definition) is 5. The van der Waals surface area contributed by atoms with Gasteiger partial charge in [0.2, 0.25) is 0 Å². The highest BCUT2D eigenvalue weighted by Gasteiger charge is 2.54. The number of hydrogen-bond donors (Lipinski definition) is 1. The van der Waals surface area contributed by atoms with Crippen LogP contribution in [0, 0.1) is 46.7 Å². The number of rotatable bonds is 5. The number of nitrogens with zero attached hydrogens (tertiary/aromatic N) is 2. The SMILES string of the molecule is C[C@H]1OC(=O)[C@@H]2C[C@@H]3C[C@H](NCC#N)CC[C@H]3[C@H](/C=C/c3ccc(-c4cccc(F)c4)cn3)[C@H]12. The Kier molecular flexibility index (Phi) is 6.47. The number of esters is 1. The number of pyridine rings is 1. The molecule has 5 rings (SSSR count). The molecular formula is C28H30FN3O2. The third-order valence-electron chi connectivity index (χ3n) is 8.05. The fourth-order valence-electron chi connectivity index (χ4n) is 6.54. The molecule has 2 aliphatic carbocycles. The van der Waals surface area contributed by atoms with Crippen LogP contribution in [-0.4, -0.2) is 29.6 Å². The number of ether oxygens (including phenoxy) is 1. The third kappa shape index (κ3) is 4.50. The highest BCUT2D eigenvalue weighted by molar-refractivity contribution is 5.75. The zero-order valence-corrected chi connectivity index (χ0v) is 19.4. The Morgan fingerprint density at radius 3 is 2.88 bits per heavy atom. The number of cyclic esters (lactones) is 1. The summed E-state index contributed by atoms with van der Waals surface area (Å²) in [5.74, 6) is 1.03. The lowest BCUT2D eigenvalue weighted by Gasteiger charge is -2.47. The highest BCUT2D eigenvalue weighted by atomic mass is 19.1. The summed E-state index contributed by atoms with van der Waals surface area (Å²) in [6, 6.07) is 13.0. The Labute approximate surface area is 200 Å². The minimum atomic E-state index is -0.261. The summed E-state index contributed by atoms with van der Waals surface area (Å²) in [4.78, 5) is 17.2. The first kappa shape index (κ1) is 22.7. The number of nitriles is 1. The lowest BCUT2D eigenvalue weighted by Crippen LogP contribution is -2.47. The molecule has 1 aromatic carbocycles. The van der Waals surface area contributed by atoms with Crippen molar-refractivity contribution >= 4 is 12.0 Å². The van der Waals surface area contributed by atoms with E-state index in [0.717, 1.165) is 42.5 Å². The normalized spacial score (nSPS) is 32.6. The Bertz CT molecular complexity index is 1110. The number of halogens is 1. The minimum Gasteiger partial charge on any atom is -0.462 e. The van der Waals surface area contributed by atoms with E-state index in [1.54, 1.807) is 12.3 Å². The average Bonchev–Trinajstić information content (AvgIpc) is 3.13. The molecule has 6 heteroatoms. The van der Waals surface area contributed by atoms with Gasteiger partial charge in [-0.25, -0.2) is 4.39 Å². The van der Waals surface area contributed by atoms with Crippen molar-refractivity contribution in [3.8, 4) is 17.2 Å². The van der Waals surface area contributed by atoms with E-state index in [-0.39, 0.29) is 35.6 Å². The molecule has 2 saturated carbocycles. The van der Waals surface area contributed by atoms with Crippen LogP contribution in [0.3, 0.4) is 0 Å². The molecule has 1 aromatic heterocycles. The van der Waals surface area contributed by atoms with E-state index in [9.17, 15) is 9.18 Å². The standard InChI is InChI=1S/C28H30FN3O2/c1-17-27-25(10-7-22-6-5-19(16-32-22)18-3-2-4-21(29)13-18)24-9-8-23(31-12-11-30)14-20(24)15-26(27)28(33)34-17/h2-7,10,13,16-17,20,23-27,31H,8-9,12,14-15H2,1H3/b10-7+/t17-,20+,23-,24-,25+,26-,27+/m1/s1. The first-order valence-electron chi connectivity index (χ1n) is 12.2. The molecule has 176 valence electrons. The van der Waals surface area contributed by atoms with E-state index in [4.69, 9.17) is 10.00 Å². The highest BCUT2D eigenvalue weighted by Crippen LogP contribution is 2.53. The first-order chi connectivity index (χ1) is 16.5. The maximum Gasteiger partial charge on any atom is 0.309 e. The summed E-state index contributed by atoms with van der Waals surface area (Å²) < 4.78 is 19.2. The van der Waals surface area contributed by atoms with Crippen molar-refractivity contribution in [2.45, 2.75) is 44.8 Å². The van der Waals surface area contributed by atoms with Gasteiger partial charge in [-0.2, -0.15) is 5.26 Å². The molecule has 0 amide bonds. The van der Waals surface area contributed by atoms with Crippen molar-refractivity contribution in [3.63, 3.8) is 0 Å². The van der Waals surface area contributed by atoms with Gasteiger partial charge in [-0.05, 0) is 80.2 Å². The van der Waals surface area contributed by atoms with Crippen LogP contribution < -0.4 is 5.32 Å². The molecule has 1 aliphatic heterocycles. The predicted octanol–water partition coefficient (Wildman–Crippen LogP) is 5.00. The second-order valence-corrected chi connectivity index (χ2v) is 9.95. The van der Waals surface area contributed by atoms with E-state index >= 15 is 0 Å². The van der Waals surface area contributed by atoms with Crippen LogP contribution in [0.5, 0.6) is 0 Å². The number of allylic oxidation sites excluding steroid dienone is 1. The van der Waals surface area contributed by atoms with Crippen LogP contribution in [0.4, 0.5) is 4.39 Å². The van der Waals surface area contributed by atoms with Gasteiger partial charge < -0.3 is 10.1 Å². The van der Waals surface area contributed by atoms with E-state index in [2.05, 4.69) is 28.5 Å². The van der Waals surface area contributed by atoms with Crippen LogP contribution in [-0.2, 0) is 9.53 Å². The Morgan fingerprint density at radius 1 is 1.24 bits per heavy atom. The molecule has 2 aromatic rings. The lowest BCUT2D eigenvalue weighted by atomic mass is 9.57. The maximum atomic E-state index is 13.6. The van der Waals surface area contributed by atoms with Gasteiger partial charge in [0, 0.05) is 23.7 Å². The van der Waals surface area contributed by atoms with Crippen molar-refractivity contribution < 1.29 is 13.9 Å². The number of benzene rings is 1. The second-order valence-electron chi connectivity index (χ2n) is 9.95. The zero-order chi connectivity index (χ0) is 23.7. The third-order valence-corrected chi connectivity index (χ3v) is 8.05. The number of nitrogens with one attached hydrogen (secondary N) is 1. The zero-order valence-electron chi connectivity index (χ0n) is 19.4. The number of carbonyl (C=O) groups is 1. The molecule has 5 nitrogen and oxygen atoms in total. The van der Waals surface area contributed by atoms with Crippen LogP contribution >= 0.6 is 0 Å². The molecule has 0 unspecified atom stereocenters. The minimum absolute atomic E-state index is 0.0519. The average molecular weight is 460 g/mol. The number of carbonyl (C=O) groups excluding carboxylic acids is 1. The summed E-state index contributed by atoms with van der Waals surface area (Å²) in [7, 11) is 0. The quantitative estimate of drug-likeness (QED) is 0.503. The van der Waals surface area contributed by atoms with Crippen molar-refractivity contribution in [3.05, 3.63) is 60.2 Å². The van der Waals surface area contributed by atoms with Crippen LogP contribution in [0.1, 0.15) is 38.3 Å². The van der Waals surface area contributed by atoms with Gasteiger partial charge in [-0.15, -0.1) is 0 Å². The van der Waals surface area contributed by atoms with E-state index in [1.165, 1.54) is 12.1 Å². The van der Waals surface area contributed by atoms with Gasteiger partial charge in [0.05, 0.1) is 24.2 Å². The summed E-state index contributed by atoms with van der Waals surface area (Å²) in [5, 5.41) is 12.3. The van der Waals surface area contributed by atoms with E-state index < -0.39 is 0 Å².